The molecular weight excluding hydrogens is 388 g/mol. The molecule has 0 saturated heterocycles. The number of unbranched alkanes of at least 4 members (excludes halogenated alkanes) is 6. The molecule has 0 rings (SSSR count). The Morgan fingerprint density at radius 1 is 0.581 bits per heavy atom. The summed E-state index contributed by atoms with van der Waals surface area (Å²) in [6.45, 7) is 18.6. The van der Waals surface area contributed by atoms with E-state index >= 15 is 0 Å². The minimum Gasteiger partial charge on any atom is -0.466 e. The second-order valence-electron chi connectivity index (χ2n) is 12.1. The van der Waals surface area contributed by atoms with Crippen molar-refractivity contribution in [3.63, 3.8) is 0 Å². The molecule has 4 nitrogen and oxygen atoms in total. The summed E-state index contributed by atoms with van der Waals surface area (Å²) < 4.78 is 10.8. The Hall–Kier alpha value is -1.06. The zero-order valence-corrected chi connectivity index (χ0v) is 22.0. The highest BCUT2D eigenvalue weighted by Crippen LogP contribution is 2.27. The average molecular weight is 441 g/mol. The Morgan fingerprint density at radius 2 is 0.871 bits per heavy atom. The van der Waals surface area contributed by atoms with Crippen molar-refractivity contribution in [3.05, 3.63) is 0 Å². The first-order valence-electron chi connectivity index (χ1n) is 12.6. The molecular formula is C27H52O4. The van der Waals surface area contributed by atoms with Gasteiger partial charge in [0.15, 0.2) is 0 Å². The summed E-state index contributed by atoms with van der Waals surface area (Å²) >= 11 is 0. The van der Waals surface area contributed by atoms with Gasteiger partial charge in [-0.3, -0.25) is 9.59 Å². The van der Waals surface area contributed by atoms with Crippen LogP contribution in [0.15, 0.2) is 0 Å². The first-order valence-corrected chi connectivity index (χ1v) is 12.6. The predicted molar refractivity (Wildman–Crippen MR) is 130 cm³/mol. The molecule has 0 bridgehead atoms. The molecule has 184 valence electrons. The van der Waals surface area contributed by atoms with Crippen LogP contribution in [0.2, 0.25) is 0 Å². The van der Waals surface area contributed by atoms with E-state index in [0.717, 1.165) is 38.5 Å². The van der Waals surface area contributed by atoms with Gasteiger partial charge >= 0.3 is 11.9 Å². The van der Waals surface area contributed by atoms with Gasteiger partial charge < -0.3 is 9.47 Å². The number of esters is 2. The van der Waals surface area contributed by atoms with Gasteiger partial charge in [0.05, 0.1) is 13.2 Å². The second kappa shape index (κ2) is 15.7. The molecule has 0 aliphatic heterocycles. The highest BCUT2D eigenvalue weighted by atomic mass is 16.5. The van der Waals surface area contributed by atoms with E-state index in [9.17, 15) is 9.59 Å². The Bertz CT molecular complexity index is 440. The number of hydrogen-bond acceptors (Lipinski definition) is 4. The van der Waals surface area contributed by atoms with Gasteiger partial charge in [-0.05, 0) is 48.3 Å². The van der Waals surface area contributed by atoms with Crippen LogP contribution in [-0.4, -0.2) is 25.2 Å². The Kier molecular flexibility index (Phi) is 15.2. The summed E-state index contributed by atoms with van der Waals surface area (Å²) in [6, 6.07) is 0. The number of ether oxygens (including phenoxy) is 2. The zero-order valence-electron chi connectivity index (χ0n) is 22.0. The number of carbonyl (C=O) groups is 2. The topological polar surface area (TPSA) is 52.6 Å². The summed E-state index contributed by atoms with van der Waals surface area (Å²) in [4.78, 5) is 23.8. The van der Waals surface area contributed by atoms with E-state index < -0.39 is 0 Å². The highest BCUT2D eigenvalue weighted by molar-refractivity contribution is 5.69. The fraction of sp³-hybridized carbons (Fsp3) is 0.926. The molecule has 0 aromatic heterocycles. The standard InChI is InChI=1S/C27H52O4/c1-22(20-26(3,4)5)18-24(28)30-16-14-12-10-9-11-13-15-17-31-25(29)19-23(2)21-27(6,7)8/h22-23H,9-21H2,1-8H3. The molecule has 0 aliphatic rings. The molecule has 31 heavy (non-hydrogen) atoms. The van der Waals surface area contributed by atoms with E-state index in [2.05, 4.69) is 55.4 Å². The van der Waals surface area contributed by atoms with Gasteiger partial charge in [-0.2, -0.15) is 0 Å². The van der Waals surface area contributed by atoms with E-state index in [4.69, 9.17) is 9.47 Å². The third kappa shape index (κ3) is 21.9. The van der Waals surface area contributed by atoms with E-state index in [-0.39, 0.29) is 22.8 Å². The van der Waals surface area contributed by atoms with Crippen LogP contribution in [0.25, 0.3) is 0 Å². The maximum atomic E-state index is 11.9. The van der Waals surface area contributed by atoms with Crippen LogP contribution in [0.4, 0.5) is 0 Å². The van der Waals surface area contributed by atoms with Gasteiger partial charge in [-0.25, -0.2) is 0 Å². The van der Waals surface area contributed by atoms with Crippen LogP contribution in [-0.2, 0) is 19.1 Å². The van der Waals surface area contributed by atoms with Gasteiger partial charge in [-0.1, -0.05) is 87.5 Å². The monoisotopic (exact) mass is 440 g/mol. The van der Waals surface area contributed by atoms with E-state index in [0.29, 0.717) is 37.9 Å². The van der Waals surface area contributed by atoms with E-state index in [1.807, 2.05) is 0 Å². The highest BCUT2D eigenvalue weighted by Gasteiger charge is 2.19. The van der Waals surface area contributed by atoms with E-state index in [1.165, 1.54) is 19.3 Å². The van der Waals surface area contributed by atoms with Crippen molar-refractivity contribution in [3.8, 4) is 0 Å². The van der Waals surface area contributed by atoms with E-state index in [1.54, 1.807) is 0 Å². The third-order valence-corrected chi connectivity index (χ3v) is 5.27. The minimum atomic E-state index is -0.0564. The molecule has 0 heterocycles. The van der Waals surface area contributed by atoms with Crippen LogP contribution in [0.3, 0.4) is 0 Å². The Labute approximate surface area is 193 Å². The largest absolute Gasteiger partial charge is 0.466 e. The molecule has 0 fully saturated rings. The normalized spacial score (nSPS) is 14.2. The fourth-order valence-corrected chi connectivity index (χ4v) is 4.38. The first-order chi connectivity index (χ1) is 14.3. The summed E-state index contributed by atoms with van der Waals surface area (Å²) in [5.41, 5.74) is 0.512. The molecule has 0 aromatic carbocycles. The van der Waals surface area contributed by atoms with Gasteiger partial charge in [0, 0.05) is 12.8 Å². The van der Waals surface area contributed by atoms with Crippen LogP contribution in [0, 0.1) is 22.7 Å². The molecule has 0 aliphatic carbocycles. The fourth-order valence-electron chi connectivity index (χ4n) is 4.38. The summed E-state index contributed by atoms with van der Waals surface area (Å²) in [7, 11) is 0. The van der Waals surface area contributed by atoms with Gasteiger partial charge in [0.2, 0.25) is 0 Å². The lowest BCUT2D eigenvalue weighted by molar-refractivity contribution is -0.145. The van der Waals surface area contributed by atoms with Gasteiger partial charge in [0.1, 0.15) is 0 Å². The molecule has 0 spiro atoms. The Morgan fingerprint density at radius 3 is 1.16 bits per heavy atom. The van der Waals surface area contributed by atoms with Gasteiger partial charge in [0.25, 0.3) is 0 Å². The average Bonchev–Trinajstić information content (AvgIpc) is 2.55. The molecule has 0 radical (unpaired) electrons. The summed E-state index contributed by atoms with van der Waals surface area (Å²) in [5.74, 6) is 0.635. The first kappa shape index (κ1) is 29.9. The van der Waals surface area contributed by atoms with Crippen molar-refractivity contribution >= 4 is 11.9 Å². The lowest BCUT2D eigenvalue weighted by Gasteiger charge is -2.22. The SMILES string of the molecule is CC(CC(=O)OCCCCCCCCCOC(=O)CC(C)CC(C)(C)C)CC(C)(C)C. The maximum absolute atomic E-state index is 11.9. The lowest BCUT2D eigenvalue weighted by Crippen LogP contribution is -2.16. The molecule has 2 atom stereocenters. The van der Waals surface area contributed by atoms with Crippen molar-refractivity contribution in [1.29, 1.82) is 0 Å². The van der Waals surface area contributed by atoms with Gasteiger partial charge in [-0.15, -0.1) is 0 Å². The van der Waals surface area contributed by atoms with Crippen molar-refractivity contribution in [2.45, 2.75) is 126 Å². The summed E-state index contributed by atoms with van der Waals surface area (Å²) in [5, 5.41) is 0. The Balaban J connectivity index is 3.50. The molecule has 0 N–H and O–H groups in total. The third-order valence-electron chi connectivity index (χ3n) is 5.27. The molecule has 2 unspecified atom stereocenters. The van der Waals surface area contributed by atoms with Crippen LogP contribution in [0.5, 0.6) is 0 Å². The van der Waals surface area contributed by atoms with Crippen LogP contribution >= 0.6 is 0 Å². The number of hydrogen-bond donors (Lipinski definition) is 0. The molecule has 0 amide bonds. The summed E-state index contributed by atoms with van der Waals surface area (Å²) in [6.07, 6.45) is 10.8. The van der Waals surface area contributed by atoms with Crippen molar-refractivity contribution in [2.24, 2.45) is 22.7 Å². The van der Waals surface area contributed by atoms with Crippen LogP contribution in [0.1, 0.15) is 126 Å². The smallest absolute Gasteiger partial charge is 0.306 e. The maximum Gasteiger partial charge on any atom is 0.306 e. The second-order valence-corrected chi connectivity index (χ2v) is 12.1. The number of carbonyl (C=O) groups excluding carboxylic acids is 2. The van der Waals surface area contributed by atoms with Crippen molar-refractivity contribution in [1.82, 2.24) is 0 Å². The molecule has 0 aromatic rings. The van der Waals surface area contributed by atoms with Crippen LogP contribution < -0.4 is 0 Å². The lowest BCUT2D eigenvalue weighted by atomic mass is 9.84. The quantitative estimate of drug-likeness (QED) is 0.182. The zero-order chi connectivity index (χ0) is 23.9. The van der Waals surface area contributed by atoms with Crippen molar-refractivity contribution < 1.29 is 19.1 Å². The predicted octanol–water partition coefficient (Wildman–Crippen LogP) is 7.73. The minimum absolute atomic E-state index is 0.0564. The number of rotatable bonds is 16. The molecule has 4 heteroatoms. The van der Waals surface area contributed by atoms with Crippen molar-refractivity contribution in [2.75, 3.05) is 13.2 Å². The molecule has 0 saturated carbocycles.